The average Bonchev–Trinajstić information content (AvgIpc) is 3.67. The van der Waals surface area contributed by atoms with E-state index in [-0.39, 0.29) is 60.4 Å². The van der Waals surface area contributed by atoms with E-state index in [1.165, 1.54) is 0 Å². The first-order valence-corrected chi connectivity index (χ1v) is 21.2. The Labute approximate surface area is 324 Å². The Morgan fingerprint density at radius 2 is 1.25 bits per heavy atom. The minimum atomic E-state index is -1.00. The molecule has 0 bridgehead atoms. The van der Waals surface area contributed by atoms with Gasteiger partial charge in [0.1, 0.15) is 18.3 Å². The van der Waals surface area contributed by atoms with E-state index < -0.39 is 90.9 Å². The van der Waals surface area contributed by atoms with E-state index in [2.05, 4.69) is 13.8 Å². The van der Waals surface area contributed by atoms with Crippen LogP contribution in [0.15, 0.2) is 0 Å². The standard InChI is InChI=1S/C41H66O14/c1-19-36(47)28(42)15-34(50-19)54-38-21(3)52-35(17-30(38)44)55-37-20(2)51-33(16-29(37)43)53-24-8-10-39(4)23(13-24)6-7-26-27(39)14-31(45)40(5)25(9-11-41(26,40)48)22-12-32(46)49-18-22/h19-31,33-38,42-45,47-48H,6-18H2,1-5H3/t19-,20-,21-,22+,23-,24+,25-,26-,27+,28+,29+,30+,31-,33+,34+,35+,36-,37-,38-,39+,40+,41+/m1/s1. The number of aliphatic hydroxyl groups excluding tert-OH is 5. The van der Waals surface area contributed by atoms with Crippen molar-refractivity contribution < 1.29 is 68.6 Å². The van der Waals surface area contributed by atoms with Crippen LogP contribution in [-0.4, -0.2) is 135 Å². The van der Waals surface area contributed by atoms with Crippen LogP contribution in [0.3, 0.4) is 0 Å². The molecule has 0 aromatic heterocycles. The largest absolute Gasteiger partial charge is 0.465 e. The molecule has 0 radical (unpaired) electrons. The summed E-state index contributed by atoms with van der Waals surface area (Å²) in [5, 5.41) is 66.9. The summed E-state index contributed by atoms with van der Waals surface area (Å²) < 4.78 is 42.2. The number of ether oxygens (including phenoxy) is 7. The first kappa shape index (κ1) is 40.8. The Morgan fingerprint density at radius 3 is 1.84 bits per heavy atom. The van der Waals surface area contributed by atoms with Crippen molar-refractivity contribution in [2.45, 2.75) is 203 Å². The van der Waals surface area contributed by atoms with Gasteiger partial charge >= 0.3 is 5.97 Å². The van der Waals surface area contributed by atoms with E-state index in [0.717, 1.165) is 38.5 Å². The van der Waals surface area contributed by atoms with Crippen LogP contribution in [0.2, 0.25) is 0 Å². The highest BCUT2D eigenvalue weighted by Gasteiger charge is 2.71. The Hall–Kier alpha value is -1.01. The number of hydrogen-bond donors (Lipinski definition) is 6. The normalized spacial score (nSPS) is 57.0. The fourth-order valence-corrected chi connectivity index (χ4v) is 13.2. The van der Waals surface area contributed by atoms with Gasteiger partial charge in [-0.25, -0.2) is 0 Å². The number of aliphatic hydroxyl groups is 6. The van der Waals surface area contributed by atoms with Gasteiger partial charge in [0, 0.05) is 30.6 Å². The molecule has 0 amide bonds. The van der Waals surface area contributed by atoms with Gasteiger partial charge in [0.2, 0.25) is 0 Å². The molecule has 8 rings (SSSR count). The van der Waals surface area contributed by atoms with Gasteiger partial charge in [-0.1, -0.05) is 13.8 Å². The van der Waals surface area contributed by atoms with Crippen molar-refractivity contribution in [1.29, 1.82) is 0 Å². The Morgan fingerprint density at radius 1 is 0.655 bits per heavy atom. The number of hydrogen-bond acceptors (Lipinski definition) is 14. The monoisotopic (exact) mass is 782 g/mol. The van der Waals surface area contributed by atoms with E-state index in [4.69, 9.17) is 33.2 Å². The second-order valence-corrected chi connectivity index (χ2v) is 19.2. The molecule has 0 aromatic carbocycles. The van der Waals surface area contributed by atoms with Crippen molar-refractivity contribution in [2.24, 2.45) is 40.4 Å². The van der Waals surface area contributed by atoms with Crippen molar-refractivity contribution in [3.05, 3.63) is 0 Å². The van der Waals surface area contributed by atoms with Gasteiger partial charge in [0.25, 0.3) is 0 Å². The van der Waals surface area contributed by atoms with E-state index in [0.29, 0.717) is 31.8 Å². The first-order chi connectivity index (χ1) is 26.0. The zero-order valence-corrected chi connectivity index (χ0v) is 33.1. The Balaban J connectivity index is 0.834. The summed E-state index contributed by atoms with van der Waals surface area (Å²) in [7, 11) is 0. The number of carbonyl (C=O) groups is 1. The van der Waals surface area contributed by atoms with Crippen molar-refractivity contribution in [2.75, 3.05) is 6.61 Å². The predicted octanol–water partition coefficient (Wildman–Crippen LogP) is 2.30. The Bertz CT molecular complexity index is 1350. The number of cyclic esters (lactones) is 1. The molecular weight excluding hydrogens is 716 g/mol. The second kappa shape index (κ2) is 15.2. The predicted molar refractivity (Wildman–Crippen MR) is 193 cm³/mol. The SMILES string of the molecule is C[C@H]1O[C@@H](O[C@H]2[C@@H](O)C[C@H](O[C@H]3[C@@H](O)C[C@H](O[C@H]4CC[C@@]5(C)[C@H](CC[C@@H]6[C@@H]5C[C@@H](O)[C@]5(C)[C@@H]([C@@H]7COC(=O)C7)CC[C@]65O)C4)O[C@@H]3C)O[C@@H]2C)C[C@H](O)[C@@H]1O. The summed E-state index contributed by atoms with van der Waals surface area (Å²) in [6, 6.07) is 0. The first-order valence-electron chi connectivity index (χ1n) is 21.2. The quantitative estimate of drug-likeness (QED) is 0.162. The zero-order chi connectivity index (χ0) is 39.2. The minimum absolute atomic E-state index is 0.0377. The molecular formula is C41H66O14. The molecule has 0 unspecified atom stereocenters. The number of rotatable bonds is 7. The third kappa shape index (κ3) is 7.03. The fourth-order valence-electron chi connectivity index (χ4n) is 13.2. The molecule has 0 spiro atoms. The van der Waals surface area contributed by atoms with E-state index in [9.17, 15) is 35.4 Å². The molecule has 4 aliphatic carbocycles. The zero-order valence-electron chi connectivity index (χ0n) is 33.1. The van der Waals surface area contributed by atoms with Gasteiger partial charge in [0.15, 0.2) is 18.9 Å². The number of fused-ring (bicyclic) bond motifs is 5. The van der Waals surface area contributed by atoms with Gasteiger partial charge in [-0.05, 0) is 101 Å². The lowest BCUT2D eigenvalue weighted by molar-refractivity contribution is -0.336. The van der Waals surface area contributed by atoms with Gasteiger partial charge in [-0.2, -0.15) is 0 Å². The van der Waals surface area contributed by atoms with E-state index in [1.807, 2.05) is 6.92 Å². The molecule has 4 aliphatic heterocycles. The fraction of sp³-hybridized carbons (Fsp3) is 0.976. The van der Waals surface area contributed by atoms with E-state index >= 15 is 0 Å². The van der Waals surface area contributed by atoms with Gasteiger partial charge in [-0.15, -0.1) is 0 Å². The number of carbonyl (C=O) groups excluding carboxylic acids is 1. The van der Waals surface area contributed by atoms with Crippen LogP contribution in [0.4, 0.5) is 0 Å². The summed E-state index contributed by atoms with van der Waals surface area (Å²) in [6.45, 7) is 10.1. The maximum Gasteiger partial charge on any atom is 0.306 e. The second-order valence-electron chi connectivity index (χ2n) is 19.2. The highest BCUT2D eigenvalue weighted by atomic mass is 16.7. The molecule has 4 heterocycles. The molecule has 4 saturated heterocycles. The van der Waals surface area contributed by atoms with Crippen LogP contribution in [0.1, 0.15) is 112 Å². The van der Waals surface area contributed by atoms with E-state index in [1.54, 1.807) is 13.8 Å². The smallest absolute Gasteiger partial charge is 0.306 e. The average molecular weight is 783 g/mol. The van der Waals surface area contributed by atoms with Gasteiger partial charge in [0.05, 0.1) is 67.5 Å². The lowest BCUT2D eigenvalue weighted by atomic mass is 9.42. The Kier molecular flexibility index (Phi) is 11.3. The highest BCUT2D eigenvalue weighted by Crippen LogP contribution is 2.70. The molecule has 0 aromatic rings. The lowest BCUT2D eigenvalue weighted by Crippen LogP contribution is -2.67. The maximum absolute atomic E-state index is 12.6. The maximum atomic E-state index is 12.6. The number of esters is 1. The molecule has 314 valence electrons. The molecule has 14 heteroatoms. The van der Waals surface area contributed by atoms with Crippen LogP contribution >= 0.6 is 0 Å². The molecule has 14 nitrogen and oxygen atoms in total. The van der Waals surface area contributed by atoms with Crippen LogP contribution in [-0.2, 0) is 38.0 Å². The third-order valence-electron chi connectivity index (χ3n) is 16.3. The molecule has 4 saturated carbocycles. The summed E-state index contributed by atoms with van der Waals surface area (Å²) in [5.74, 6) is 0.612. The van der Waals surface area contributed by atoms with Crippen LogP contribution in [0.5, 0.6) is 0 Å². The van der Waals surface area contributed by atoms with Crippen LogP contribution in [0.25, 0.3) is 0 Å². The summed E-state index contributed by atoms with van der Waals surface area (Å²) >= 11 is 0. The van der Waals surface area contributed by atoms with Gasteiger partial charge < -0.3 is 63.8 Å². The minimum Gasteiger partial charge on any atom is -0.465 e. The molecule has 22 atom stereocenters. The van der Waals surface area contributed by atoms with Crippen molar-refractivity contribution in [1.82, 2.24) is 0 Å². The topological polar surface area (TPSA) is 203 Å². The third-order valence-corrected chi connectivity index (χ3v) is 16.3. The van der Waals surface area contributed by atoms with Gasteiger partial charge in [-0.3, -0.25) is 4.79 Å². The molecule has 55 heavy (non-hydrogen) atoms. The molecule has 6 N–H and O–H groups in total. The lowest BCUT2D eigenvalue weighted by Gasteiger charge is -2.65. The molecule has 8 aliphatic rings. The van der Waals surface area contributed by atoms with Crippen molar-refractivity contribution in [3.8, 4) is 0 Å². The summed E-state index contributed by atoms with van der Waals surface area (Å²) in [5.41, 5.74) is -1.67. The summed E-state index contributed by atoms with van der Waals surface area (Å²) in [4.78, 5) is 12.0. The van der Waals surface area contributed by atoms with Crippen LogP contribution < -0.4 is 0 Å². The highest BCUT2D eigenvalue weighted by molar-refractivity contribution is 5.71. The van der Waals surface area contributed by atoms with Crippen molar-refractivity contribution in [3.63, 3.8) is 0 Å². The van der Waals surface area contributed by atoms with Crippen molar-refractivity contribution >= 4 is 5.97 Å². The van der Waals surface area contributed by atoms with Crippen LogP contribution in [0, 0.1) is 40.4 Å². The molecule has 8 fully saturated rings. The summed E-state index contributed by atoms with van der Waals surface area (Å²) in [6.07, 6.45) is -2.42.